The number of fused-ring (bicyclic) bond motifs is 4. The fourth-order valence-electron chi connectivity index (χ4n) is 5.55. The fourth-order valence-corrected chi connectivity index (χ4v) is 5.55. The molecule has 146 valence electrons. The van der Waals surface area contributed by atoms with Crippen molar-refractivity contribution in [3.63, 3.8) is 0 Å². The van der Waals surface area contributed by atoms with Crippen LogP contribution in [0.15, 0.2) is 54.6 Å². The van der Waals surface area contributed by atoms with Gasteiger partial charge in [-0.1, -0.05) is 48.5 Å². The molecule has 2 heterocycles. The number of aromatic amines is 1. The summed E-state index contributed by atoms with van der Waals surface area (Å²) in [6.45, 7) is 0.655. The number of para-hydroxylation sites is 1. The third-order valence-electron chi connectivity index (χ3n) is 7.01. The van der Waals surface area contributed by atoms with Crippen molar-refractivity contribution in [2.75, 3.05) is 20.7 Å². The molecule has 0 radical (unpaired) electrons. The van der Waals surface area contributed by atoms with Crippen LogP contribution in [-0.2, 0) is 22.3 Å². The zero-order chi connectivity index (χ0) is 19.4. The number of H-pyrrole nitrogens is 1. The standard InChI is InChI=1S/C24H27FN2O/c1-27(2)24(17-8-4-3-5-9-17)14-13-23(16-21(24)25)22-19(12-15-28-23)18-10-6-7-11-20(18)26-22/h3-11,21,26H,12-16H2,1-2H3. The van der Waals surface area contributed by atoms with Crippen molar-refractivity contribution < 1.29 is 9.13 Å². The van der Waals surface area contributed by atoms with Crippen LogP contribution in [0.4, 0.5) is 4.39 Å². The number of nitrogens with one attached hydrogen (secondary N) is 1. The van der Waals surface area contributed by atoms with Gasteiger partial charge in [0, 0.05) is 17.3 Å². The quantitative estimate of drug-likeness (QED) is 0.686. The Morgan fingerprint density at radius 3 is 2.54 bits per heavy atom. The van der Waals surface area contributed by atoms with Crippen molar-refractivity contribution in [2.24, 2.45) is 0 Å². The first-order valence-electron chi connectivity index (χ1n) is 10.2. The van der Waals surface area contributed by atoms with Gasteiger partial charge in [-0.3, -0.25) is 4.90 Å². The Morgan fingerprint density at radius 1 is 1.04 bits per heavy atom. The van der Waals surface area contributed by atoms with Crippen LogP contribution in [0, 0.1) is 0 Å². The van der Waals surface area contributed by atoms with Crippen LogP contribution >= 0.6 is 0 Å². The molecule has 4 heteroatoms. The van der Waals surface area contributed by atoms with E-state index in [9.17, 15) is 0 Å². The smallest absolute Gasteiger partial charge is 0.126 e. The average molecular weight is 378 g/mol. The number of rotatable bonds is 2. The lowest BCUT2D eigenvalue weighted by molar-refractivity contribution is -0.142. The van der Waals surface area contributed by atoms with Crippen LogP contribution in [0.25, 0.3) is 10.9 Å². The summed E-state index contributed by atoms with van der Waals surface area (Å²) in [6, 6.07) is 18.5. The molecule has 1 aromatic heterocycles. The van der Waals surface area contributed by atoms with Gasteiger partial charge in [0.1, 0.15) is 11.8 Å². The highest BCUT2D eigenvalue weighted by Crippen LogP contribution is 2.53. The minimum absolute atomic E-state index is 0.375. The molecule has 1 fully saturated rings. The molecule has 3 aromatic rings. The number of alkyl halides is 1. The zero-order valence-electron chi connectivity index (χ0n) is 16.5. The van der Waals surface area contributed by atoms with Crippen molar-refractivity contribution in [2.45, 2.75) is 43.0 Å². The lowest BCUT2D eigenvalue weighted by Crippen LogP contribution is -2.56. The van der Waals surface area contributed by atoms with Crippen LogP contribution in [0.5, 0.6) is 0 Å². The summed E-state index contributed by atoms with van der Waals surface area (Å²) in [7, 11) is 3.99. The van der Waals surface area contributed by atoms with Crippen LogP contribution in [-0.4, -0.2) is 36.8 Å². The van der Waals surface area contributed by atoms with E-state index in [2.05, 4.69) is 40.2 Å². The van der Waals surface area contributed by atoms with Gasteiger partial charge in [-0.05, 0) is 50.6 Å². The maximum absolute atomic E-state index is 16.1. The summed E-state index contributed by atoms with van der Waals surface area (Å²) in [4.78, 5) is 5.65. The Morgan fingerprint density at radius 2 is 1.79 bits per heavy atom. The van der Waals surface area contributed by atoms with E-state index in [1.807, 2.05) is 38.4 Å². The molecule has 0 amide bonds. The van der Waals surface area contributed by atoms with E-state index >= 15 is 4.39 Å². The zero-order valence-corrected chi connectivity index (χ0v) is 16.5. The summed E-state index contributed by atoms with van der Waals surface area (Å²) in [5, 5.41) is 1.25. The first kappa shape index (κ1) is 17.9. The van der Waals surface area contributed by atoms with E-state index in [1.165, 1.54) is 10.9 Å². The van der Waals surface area contributed by atoms with E-state index in [4.69, 9.17) is 4.74 Å². The van der Waals surface area contributed by atoms with E-state index in [0.29, 0.717) is 13.0 Å². The summed E-state index contributed by atoms with van der Waals surface area (Å²) in [5.41, 5.74) is 3.42. The van der Waals surface area contributed by atoms with Gasteiger partial charge in [0.25, 0.3) is 0 Å². The predicted octanol–water partition coefficient (Wildman–Crippen LogP) is 4.92. The third kappa shape index (κ3) is 2.41. The number of benzene rings is 2. The molecule has 2 aromatic carbocycles. The molecule has 0 bridgehead atoms. The van der Waals surface area contributed by atoms with E-state index in [0.717, 1.165) is 36.0 Å². The number of ether oxygens (including phenoxy) is 1. The highest BCUT2D eigenvalue weighted by molar-refractivity contribution is 5.85. The first-order chi connectivity index (χ1) is 13.6. The van der Waals surface area contributed by atoms with E-state index < -0.39 is 17.3 Å². The van der Waals surface area contributed by atoms with E-state index in [-0.39, 0.29) is 0 Å². The van der Waals surface area contributed by atoms with Crippen LogP contribution in [0.3, 0.4) is 0 Å². The molecule has 3 nitrogen and oxygen atoms in total. The Kier molecular flexibility index (Phi) is 4.11. The van der Waals surface area contributed by atoms with Crippen molar-refractivity contribution in [1.29, 1.82) is 0 Å². The Balaban J connectivity index is 1.58. The van der Waals surface area contributed by atoms with Gasteiger partial charge in [-0.15, -0.1) is 0 Å². The molecule has 3 unspecified atom stereocenters. The van der Waals surface area contributed by atoms with Crippen molar-refractivity contribution >= 4 is 10.9 Å². The van der Waals surface area contributed by atoms with Crippen LogP contribution in [0.1, 0.15) is 36.1 Å². The van der Waals surface area contributed by atoms with Gasteiger partial charge in [0.05, 0.1) is 17.8 Å². The average Bonchev–Trinajstić information content (AvgIpc) is 3.09. The molecule has 28 heavy (non-hydrogen) atoms. The molecular formula is C24H27FN2O. The summed E-state index contributed by atoms with van der Waals surface area (Å²) in [5.74, 6) is 0. The molecule has 1 saturated carbocycles. The number of hydrogen-bond donors (Lipinski definition) is 1. The second kappa shape index (κ2) is 6.43. The summed E-state index contributed by atoms with van der Waals surface area (Å²) >= 11 is 0. The number of hydrogen-bond acceptors (Lipinski definition) is 2. The number of nitrogens with zero attached hydrogens (tertiary/aromatic N) is 1. The first-order valence-corrected chi connectivity index (χ1v) is 10.2. The summed E-state index contributed by atoms with van der Waals surface area (Å²) < 4.78 is 22.4. The third-order valence-corrected chi connectivity index (χ3v) is 7.01. The van der Waals surface area contributed by atoms with Gasteiger partial charge >= 0.3 is 0 Å². The molecule has 5 rings (SSSR count). The second-order valence-electron chi connectivity index (χ2n) is 8.47. The molecule has 2 aliphatic rings. The maximum Gasteiger partial charge on any atom is 0.126 e. The minimum atomic E-state index is -1.02. The number of halogens is 1. The SMILES string of the molecule is CN(C)C1(c2ccccc2)CCC2(CC1F)OCCc1c2[nH]c2ccccc12. The Hall–Kier alpha value is -2.17. The second-order valence-corrected chi connectivity index (χ2v) is 8.47. The molecular weight excluding hydrogens is 351 g/mol. The Bertz CT molecular complexity index is 998. The minimum Gasteiger partial charge on any atom is -0.368 e. The van der Waals surface area contributed by atoms with Crippen molar-refractivity contribution in [3.05, 3.63) is 71.4 Å². The maximum atomic E-state index is 16.1. The topological polar surface area (TPSA) is 28.3 Å². The van der Waals surface area contributed by atoms with Gasteiger partial charge in [0.2, 0.25) is 0 Å². The van der Waals surface area contributed by atoms with Crippen molar-refractivity contribution in [1.82, 2.24) is 9.88 Å². The van der Waals surface area contributed by atoms with Gasteiger partial charge in [-0.25, -0.2) is 4.39 Å². The lowest BCUT2D eigenvalue weighted by atomic mass is 9.66. The largest absolute Gasteiger partial charge is 0.368 e. The molecule has 0 saturated heterocycles. The molecule has 1 N–H and O–H groups in total. The fraction of sp³-hybridized carbons (Fsp3) is 0.417. The van der Waals surface area contributed by atoms with Gasteiger partial charge in [-0.2, -0.15) is 0 Å². The molecule has 1 spiro atoms. The normalized spacial score (nSPS) is 30.1. The van der Waals surface area contributed by atoms with E-state index in [1.54, 1.807) is 0 Å². The molecule has 3 atom stereocenters. The highest BCUT2D eigenvalue weighted by atomic mass is 19.1. The van der Waals surface area contributed by atoms with Gasteiger partial charge < -0.3 is 9.72 Å². The van der Waals surface area contributed by atoms with Crippen LogP contribution < -0.4 is 0 Å². The Labute approximate surface area is 165 Å². The molecule has 1 aliphatic carbocycles. The molecule has 1 aliphatic heterocycles. The summed E-state index contributed by atoms with van der Waals surface area (Å²) in [6.07, 6.45) is 1.77. The monoisotopic (exact) mass is 378 g/mol. The van der Waals surface area contributed by atoms with Gasteiger partial charge in [0.15, 0.2) is 0 Å². The van der Waals surface area contributed by atoms with Crippen molar-refractivity contribution in [3.8, 4) is 0 Å². The lowest BCUT2D eigenvalue weighted by Gasteiger charge is -2.52. The highest BCUT2D eigenvalue weighted by Gasteiger charge is 2.55. The number of aromatic nitrogens is 1. The predicted molar refractivity (Wildman–Crippen MR) is 110 cm³/mol. The van der Waals surface area contributed by atoms with Crippen LogP contribution in [0.2, 0.25) is 0 Å².